The molecule has 4 heteroatoms. The summed E-state index contributed by atoms with van der Waals surface area (Å²) in [4.78, 5) is 2.09. The van der Waals surface area contributed by atoms with Crippen LogP contribution >= 0.6 is 0 Å². The molecule has 1 fully saturated rings. The highest BCUT2D eigenvalue weighted by Gasteiger charge is 2.40. The molecule has 0 saturated carbocycles. The molecule has 2 rings (SSSR count). The van der Waals surface area contributed by atoms with Crippen molar-refractivity contribution in [3.63, 3.8) is 0 Å². The molecular weight excluding hydrogens is 238 g/mol. The van der Waals surface area contributed by atoms with E-state index in [0.29, 0.717) is 12.0 Å². The van der Waals surface area contributed by atoms with Gasteiger partial charge in [-0.25, -0.2) is 0 Å². The van der Waals surface area contributed by atoms with E-state index in [-0.39, 0.29) is 5.92 Å². The monoisotopic (exact) mass is 259 g/mol. The van der Waals surface area contributed by atoms with E-state index in [1.807, 2.05) is 32.3 Å². The molecule has 0 amide bonds. The third-order valence-corrected chi connectivity index (χ3v) is 3.83. The summed E-state index contributed by atoms with van der Waals surface area (Å²) in [6.45, 7) is 2.42. The van der Waals surface area contributed by atoms with Crippen LogP contribution in [0, 0.1) is 17.2 Å². The molecule has 4 nitrogen and oxygen atoms in total. The molecule has 0 spiro atoms. The second kappa shape index (κ2) is 5.70. The highest BCUT2D eigenvalue weighted by molar-refractivity contribution is 5.36. The number of hydrogen-bond donors (Lipinski definition) is 2. The standard InChI is InChI=1S/C15H21N3O/c1-18(2)11-14-10-17-7-6-15(14,19)13-5-3-4-12(8-13)9-16/h3-5,8,14,17,19H,6-7,10-11H2,1-2H3. The average Bonchev–Trinajstić information content (AvgIpc) is 2.41. The van der Waals surface area contributed by atoms with E-state index in [0.717, 1.165) is 25.2 Å². The molecule has 0 bridgehead atoms. The van der Waals surface area contributed by atoms with E-state index in [2.05, 4.69) is 16.3 Å². The average molecular weight is 259 g/mol. The molecule has 1 aromatic rings. The zero-order valence-corrected chi connectivity index (χ0v) is 11.6. The fourth-order valence-corrected chi connectivity index (χ4v) is 2.82. The Kier molecular flexibility index (Phi) is 4.20. The van der Waals surface area contributed by atoms with Gasteiger partial charge in [0.05, 0.1) is 17.2 Å². The predicted octanol–water partition coefficient (Wildman–Crippen LogP) is 0.917. The van der Waals surface area contributed by atoms with Gasteiger partial charge >= 0.3 is 0 Å². The molecular formula is C15H21N3O. The van der Waals surface area contributed by atoms with Crippen LogP contribution in [0.25, 0.3) is 0 Å². The number of nitrogens with zero attached hydrogens (tertiary/aromatic N) is 2. The van der Waals surface area contributed by atoms with Crippen molar-refractivity contribution in [1.29, 1.82) is 5.26 Å². The highest BCUT2D eigenvalue weighted by Crippen LogP contribution is 2.35. The Balaban J connectivity index is 2.33. The molecule has 102 valence electrons. The Morgan fingerprint density at radius 2 is 2.32 bits per heavy atom. The van der Waals surface area contributed by atoms with Crippen LogP contribution in [0.5, 0.6) is 0 Å². The minimum absolute atomic E-state index is 0.130. The van der Waals surface area contributed by atoms with Crippen molar-refractivity contribution in [3.8, 4) is 6.07 Å². The van der Waals surface area contributed by atoms with Crippen LogP contribution in [0.15, 0.2) is 24.3 Å². The van der Waals surface area contributed by atoms with Crippen LogP contribution in [0.3, 0.4) is 0 Å². The first-order valence-corrected chi connectivity index (χ1v) is 6.65. The van der Waals surface area contributed by atoms with E-state index in [1.165, 1.54) is 0 Å². The smallest absolute Gasteiger partial charge is 0.0991 e. The first-order chi connectivity index (χ1) is 9.06. The van der Waals surface area contributed by atoms with Crippen LogP contribution in [0.1, 0.15) is 17.5 Å². The summed E-state index contributed by atoms with van der Waals surface area (Å²) in [6, 6.07) is 9.50. The maximum atomic E-state index is 11.1. The molecule has 0 aliphatic carbocycles. The largest absolute Gasteiger partial charge is 0.385 e. The highest BCUT2D eigenvalue weighted by atomic mass is 16.3. The lowest BCUT2D eigenvalue weighted by atomic mass is 9.76. The first-order valence-electron chi connectivity index (χ1n) is 6.65. The van der Waals surface area contributed by atoms with E-state index in [1.54, 1.807) is 6.07 Å². The lowest BCUT2D eigenvalue weighted by Crippen LogP contribution is -2.51. The summed E-state index contributed by atoms with van der Waals surface area (Å²) >= 11 is 0. The van der Waals surface area contributed by atoms with Gasteiger partial charge in [-0.3, -0.25) is 0 Å². The van der Waals surface area contributed by atoms with E-state index in [9.17, 15) is 5.11 Å². The molecule has 1 aromatic carbocycles. The Morgan fingerprint density at radius 3 is 3.00 bits per heavy atom. The van der Waals surface area contributed by atoms with Crippen molar-refractivity contribution in [1.82, 2.24) is 10.2 Å². The minimum atomic E-state index is -0.845. The first kappa shape index (κ1) is 14.0. The Bertz CT molecular complexity index is 481. The molecule has 1 aliphatic heterocycles. The number of nitriles is 1. The maximum absolute atomic E-state index is 11.1. The summed E-state index contributed by atoms with van der Waals surface area (Å²) in [5.74, 6) is 0.130. The number of nitrogens with one attached hydrogen (secondary N) is 1. The Labute approximate surface area is 114 Å². The fourth-order valence-electron chi connectivity index (χ4n) is 2.82. The third-order valence-electron chi connectivity index (χ3n) is 3.83. The summed E-state index contributed by atoms with van der Waals surface area (Å²) in [6.07, 6.45) is 0.681. The van der Waals surface area contributed by atoms with Crippen LogP contribution in [0.2, 0.25) is 0 Å². The molecule has 0 radical (unpaired) electrons. The summed E-state index contributed by atoms with van der Waals surface area (Å²) in [5, 5.41) is 23.4. The topological polar surface area (TPSA) is 59.3 Å². The van der Waals surface area contributed by atoms with Crippen molar-refractivity contribution in [3.05, 3.63) is 35.4 Å². The maximum Gasteiger partial charge on any atom is 0.0991 e. The van der Waals surface area contributed by atoms with Gasteiger partial charge in [0.15, 0.2) is 0 Å². The zero-order valence-electron chi connectivity index (χ0n) is 11.6. The van der Waals surface area contributed by atoms with Crippen molar-refractivity contribution in [2.75, 3.05) is 33.7 Å². The quantitative estimate of drug-likeness (QED) is 0.847. The number of benzene rings is 1. The molecule has 1 heterocycles. The van der Waals surface area contributed by atoms with E-state index in [4.69, 9.17) is 5.26 Å². The van der Waals surface area contributed by atoms with Crippen molar-refractivity contribution >= 4 is 0 Å². The van der Waals surface area contributed by atoms with Gasteiger partial charge < -0.3 is 15.3 Å². The molecule has 2 unspecified atom stereocenters. The van der Waals surface area contributed by atoms with Gasteiger partial charge in [0.2, 0.25) is 0 Å². The molecule has 0 aromatic heterocycles. The van der Waals surface area contributed by atoms with Gasteiger partial charge in [0.25, 0.3) is 0 Å². The zero-order chi connectivity index (χ0) is 13.9. The molecule has 2 N–H and O–H groups in total. The minimum Gasteiger partial charge on any atom is -0.385 e. The van der Waals surface area contributed by atoms with E-state index >= 15 is 0 Å². The summed E-state index contributed by atoms with van der Waals surface area (Å²) in [7, 11) is 4.03. The summed E-state index contributed by atoms with van der Waals surface area (Å²) in [5.41, 5.74) is 0.621. The molecule has 1 aliphatic rings. The predicted molar refractivity (Wildman–Crippen MR) is 74.6 cm³/mol. The Morgan fingerprint density at radius 1 is 1.53 bits per heavy atom. The van der Waals surface area contributed by atoms with Crippen LogP contribution in [-0.4, -0.2) is 43.7 Å². The molecule has 1 saturated heterocycles. The fraction of sp³-hybridized carbons (Fsp3) is 0.533. The van der Waals surface area contributed by atoms with Gasteiger partial charge in [-0.15, -0.1) is 0 Å². The van der Waals surface area contributed by atoms with E-state index < -0.39 is 5.60 Å². The number of piperidine rings is 1. The van der Waals surface area contributed by atoms with Crippen LogP contribution in [-0.2, 0) is 5.60 Å². The number of rotatable bonds is 3. The van der Waals surface area contributed by atoms with Gasteiger partial charge in [0, 0.05) is 19.0 Å². The third kappa shape index (κ3) is 2.95. The normalized spacial score (nSPS) is 27.2. The van der Waals surface area contributed by atoms with Crippen LogP contribution < -0.4 is 5.32 Å². The van der Waals surface area contributed by atoms with Crippen molar-refractivity contribution in [2.45, 2.75) is 12.0 Å². The lowest BCUT2D eigenvalue weighted by Gasteiger charge is -2.42. The second-order valence-electron chi connectivity index (χ2n) is 5.53. The second-order valence-corrected chi connectivity index (χ2v) is 5.53. The number of aliphatic hydroxyl groups is 1. The SMILES string of the molecule is CN(C)CC1CNCCC1(O)c1cccc(C#N)c1. The molecule has 2 atom stereocenters. The van der Waals surface area contributed by atoms with Gasteiger partial charge in [0.1, 0.15) is 0 Å². The lowest BCUT2D eigenvalue weighted by molar-refractivity contribution is -0.0540. The van der Waals surface area contributed by atoms with Gasteiger partial charge in [-0.2, -0.15) is 5.26 Å². The van der Waals surface area contributed by atoms with Crippen molar-refractivity contribution in [2.24, 2.45) is 5.92 Å². The van der Waals surface area contributed by atoms with Gasteiger partial charge in [-0.05, 0) is 44.8 Å². The van der Waals surface area contributed by atoms with Gasteiger partial charge in [-0.1, -0.05) is 12.1 Å². The molecule has 19 heavy (non-hydrogen) atoms. The van der Waals surface area contributed by atoms with Crippen LogP contribution in [0.4, 0.5) is 0 Å². The van der Waals surface area contributed by atoms with Crippen molar-refractivity contribution < 1.29 is 5.11 Å². The Hall–Kier alpha value is -1.41. The number of hydrogen-bond acceptors (Lipinski definition) is 4. The summed E-state index contributed by atoms with van der Waals surface area (Å²) < 4.78 is 0.